The summed E-state index contributed by atoms with van der Waals surface area (Å²) in [5.41, 5.74) is -3.84. The Morgan fingerprint density at radius 2 is 0.786 bits per heavy atom. The lowest BCUT2D eigenvalue weighted by atomic mass is 10.0. The molecular formula is C29H53N3O10. The molecule has 0 aliphatic heterocycles. The third kappa shape index (κ3) is 21.1. The first-order valence-electron chi connectivity index (χ1n) is 14.1. The first kappa shape index (κ1) is 39.4. The summed E-state index contributed by atoms with van der Waals surface area (Å²) in [5.74, 6) is -3.31. The fraction of sp³-hybridized carbons (Fsp3) is 0.828. The Hall–Kier alpha value is -2.61. The molecule has 0 fully saturated rings. The lowest BCUT2D eigenvalue weighted by Gasteiger charge is -2.31. The van der Waals surface area contributed by atoms with E-state index < -0.39 is 58.6 Å². The molecule has 13 nitrogen and oxygen atoms in total. The summed E-state index contributed by atoms with van der Waals surface area (Å²) in [4.78, 5) is 66.3. The average molecular weight is 604 g/mol. The van der Waals surface area contributed by atoms with Crippen LogP contribution >= 0.6 is 0 Å². The number of carboxylic acids is 1. The van der Waals surface area contributed by atoms with E-state index in [1.165, 1.54) is 18.7 Å². The van der Waals surface area contributed by atoms with Crippen molar-refractivity contribution in [2.45, 2.75) is 98.6 Å². The van der Waals surface area contributed by atoms with Crippen LogP contribution in [0.15, 0.2) is 0 Å². The molecule has 0 aromatic rings. The second kappa shape index (κ2) is 16.3. The minimum absolute atomic E-state index is 0.0861. The standard InChI is InChI=1S/C29H53N3O10/c1-26(2,3)40-23(36)18-31(17-22(34)35)14-12-30(16-21(33)29(10,11)39)13-15-32(19-24(37)41-27(4,5)6)20-25(38)42-28(7,8)9/h39H,12-20H2,1-11H3,(H,34,35). The minimum atomic E-state index is -1.62. The number of hydrogen-bond donors (Lipinski definition) is 2. The number of rotatable bonds is 17. The molecule has 0 aliphatic carbocycles. The summed E-state index contributed by atoms with van der Waals surface area (Å²) in [6, 6.07) is 0. The predicted molar refractivity (Wildman–Crippen MR) is 156 cm³/mol. The molecule has 0 amide bonds. The summed E-state index contributed by atoms with van der Waals surface area (Å²) < 4.78 is 16.1. The highest BCUT2D eigenvalue weighted by Crippen LogP contribution is 2.11. The van der Waals surface area contributed by atoms with E-state index in [4.69, 9.17) is 14.2 Å². The monoisotopic (exact) mass is 603 g/mol. The normalized spacial score (nSPS) is 12.9. The smallest absolute Gasteiger partial charge is 0.320 e. The van der Waals surface area contributed by atoms with Crippen LogP contribution in [0.1, 0.15) is 76.2 Å². The van der Waals surface area contributed by atoms with Gasteiger partial charge in [-0.1, -0.05) is 0 Å². The second-order valence-electron chi connectivity index (χ2n) is 13.8. The molecule has 0 saturated carbocycles. The SMILES string of the molecule is CC(C)(C)OC(=O)CN(CCN(CCN(CC(=O)OC(C)(C)C)CC(=O)OC(C)(C)C)CC(=O)C(C)(C)O)CC(=O)O. The Bertz CT molecular complexity index is 894. The first-order valence-corrected chi connectivity index (χ1v) is 14.1. The van der Waals surface area contributed by atoms with E-state index in [2.05, 4.69) is 0 Å². The number of esters is 3. The van der Waals surface area contributed by atoms with E-state index in [0.29, 0.717) is 0 Å². The van der Waals surface area contributed by atoms with Crippen molar-refractivity contribution in [1.82, 2.24) is 14.7 Å². The maximum atomic E-state index is 12.7. The molecule has 0 spiro atoms. The predicted octanol–water partition coefficient (Wildman–Crippen LogP) is 1.34. The van der Waals surface area contributed by atoms with Crippen LogP contribution in [-0.4, -0.2) is 136 Å². The molecule has 0 radical (unpaired) electrons. The van der Waals surface area contributed by atoms with Crippen LogP contribution in [-0.2, 0) is 38.2 Å². The van der Waals surface area contributed by atoms with Crippen molar-refractivity contribution in [2.24, 2.45) is 0 Å². The lowest BCUT2D eigenvalue weighted by molar-refractivity contribution is -0.160. The van der Waals surface area contributed by atoms with Crippen molar-refractivity contribution in [3.05, 3.63) is 0 Å². The number of Topliss-reactive ketones (excluding diaryl/α,β-unsaturated/α-hetero) is 1. The van der Waals surface area contributed by atoms with Crippen LogP contribution in [0.2, 0.25) is 0 Å². The molecule has 0 unspecified atom stereocenters. The number of carbonyl (C=O) groups excluding carboxylic acids is 4. The minimum Gasteiger partial charge on any atom is -0.480 e. The Balaban J connectivity index is 5.81. The van der Waals surface area contributed by atoms with E-state index in [9.17, 15) is 34.2 Å². The highest BCUT2D eigenvalue weighted by molar-refractivity contribution is 5.88. The lowest BCUT2D eigenvalue weighted by Crippen LogP contribution is -2.48. The summed E-state index contributed by atoms with van der Waals surface area (Å²) in [7, 11) is 0. The third-order valence-corrected chi connectivity index (χ3v) is 5.19. The Labute approximate surface area is 250 Å². The number of nitrogens with zero attached hydrogens (tertiary/aromatic N) is 3. The number of ketones is 1. The number of aliphatic hydroxyl groups is 1. The van der Waals surface area contributed by atoms with Gasteiger partial charge in [0, 0.05) is 26.2 Å². The Kier molecular flexibility index (Phi) is 15.3. The summed E-state index contributed by atoms with van der Waals surface area (Å²) in [6.45, 7) is 17.4. The average Bonchev–Trinajstić information content (AvgIpc) is 2.69. The van der Waals surface area contributed by atoms with Gasteiger partial charge in [-0.15, -0.1) is 0 Å². The van der Waals surface area contributed by atoms with Crippen molar-refractivity contribution in [1.29, 1.82) is 0 Å². The van der Waals surface area contributed by atoms with Gasteiger partial charge in [-0.05, 0) is 76.2 Å². The van der Waals surface area contributed by atoms with Gasteiger partial charge in [0.2, 0.25) is 0 Å². The third-order valence-electron chi connectivity index (χ3n) is 5.19. The molecular weight excluding hydrogens is 550 g/mol. The van der Waals surface area contributed by atoms with Crippen molar-refractivity contribution in [3.8, 4) is 0 Å². The van der Waals surface area contributed by atoms with Crippen molar-refractivity contribution in [3.63, 3.8) is 0 Å². The molecule has 0 aromatic heterocycles. The fourth-order valence-corrected chi connectivity index (χ4v) is 3.52. The summed E-state index contributed by atoms with van der Waals surface area (Å²) in [6.07, 6.45) is 0. The topological polar surface area (TPSA) is 163 Å². The molecule has 13 heteroatoms. The van der Waals surface area contributed by atoms with Gasteiger partial charge in [-0.25, -0.2) is 0 Å². The van der Waals surface area contributed by atoms with Gasteiger partial charge in [0.05, 0.1) is 32.7 Å². The number of carboxylic acid groups (broad SMARTS) is 1. The van der Waals surface area contributed by atoms with Crippen LogP contribution in [0.3, 0.4) is 0 Å². The molecule has 2 N–H and O–H groups in total. The number of aliphatic carboxylic acids is 1. The number of ether oxygens (including phenoxy) is 3. The Morgan fingerprint density at radius 1 is 0.500 bits per heavy atom. The van der Waals surface area contributed by atoms with E-state index >= 15 is 0 Å². The molecule has 0 heterocycles. The molecule has 0 aliphatic rings. The number of hydrogen-bond acceptors (Lipinski definition) is 12. The van der Waals surface area contributed by atoms with Gasteiger partial charge < -0.3 is 24.4 Å². The van der Waals surface area contributed by atoms with Crippen LogP contribution in [0.5, 0.6) is 0 Å². The second-order valence-corrected chi connectivity index (χ2v) is 13.8. The van der Waals surface area contributed by atoms with Gasteiger partial charge in [0.1, 0.15) is 22.4 Å². The molecule has 0 rings (SSSR count). The van der Waals surface area contributed by atoms with Crippen molar-refractivity contribution >= 4 is 29.7 Å². The summed E-state index contributed by atoms with van der Waals surface area (Å²) >= 11 is 0. The molecule has 0 saturated heterocycles. The van der Waals surface area contributed by atoms with Gasteiger partial charge >= 0.3 is 23.9 Å². The fourth-order valence-electron chi connectivity index (χ4n) is 3.52. The maximum Gasteiger partial charge on any atom is 0.320 e. The largest absolute Gasteiger partial charge is 0.480 e. The van der Waals surface area contributed by atoms with Crippen LogP contribution < -0.4 is 0 Å². The van der Waals surface area contributed by atoms with Crippen molar-refractivity contribution < 1.29 is 48.4 Å². The van der Waals surface area contributed by atoms with E-state index in [-0.39, 0.29) is 52.4 Å². The molecule has 0 aromatic carbocycles. The maximum absolute atomic E-state index is 12.7. The van der Waals surface area contributed by atoms with E-state index in [1.54, 1.807) is 72.1 Å². The highest BCUT2D eigenvalue weighted by atomic mass is 16.6. The van der Waals surface area contributed by atoms with Crippen LogP contribution in [0.4, 0.5) is 0 Å². The molecule has 42 heavy (non-hydrogen) atoms. The van der Waals surface area contributed by atoms with E-state index in [0.717, 1.165) is 0 Å². The number of carbonyl (C=O) groups is 5. The quantitative estimate of drug-likeness (QED) is 0.181. The molecule has 244 valence electrons. The zero-order valence-electron chi connectivity index (χ0n) is 27.4. The molecule has 0 atom stereocenters. The zero-order valence-corrected chi connectivity index (χ0v) is 27.4. The van der Waals surface area contributed by atoms with E-state index in [1.807, 2.05) is 0 Å². The highest BCUT2D eigenvalue weighted by Gasteiger charge is 2.28. The van der Waals surface area contributed by atoms with Gasteiger partial charge in [0.25, 0.3) is 0 Å². The van der Waals surface area contributed by atoms with Gasteiger partial charge in [-0.3, -0.25) is 38.7 Å². The first-order chi connectivity index (χ1) is 18.8. The summed E-state index contributed by atoms with van der Waals surface area (Å²) in [5, 5.41) is 19.6. The molecule has 0 bridgehead atoms. The van der Waals surface area contributed by atoms with Crippen LogP contribution in [0, 0.1) is 0 Å². The van der Waals surface area contributed by atoms with Gasteiger partial charge in [-0.2, -0.15) is 0 Å². The van der Waals surface area contributed by atoms with Crippen molar-refractivity contribution in [2.75, 3.05) is 58.9 Å². The van der Waals surface area contributed by atoms with Crippen LogP contribution in [0.25, 0.3) is 0 Å². The zero-order chi connectivity index (χ0) is 33.1. The Morgan fingerprint density at radius 3 is 1.05 bits per heavy atom. The van der Waals surface area contributed by atoms with Gasteiger partial charge in [0.15, 0.2) is 5.78 Å².